The highest BCUT2D eigenvalue weighted by Crippen LogP contribution is 2.24. The van der Waals surface area contributed by atoms with Crippen molar-refractivity contribution in [3.05, 3.63) is 54.2 Å². The van der Waals surface area contributed by atoms with E-state index in [1.54, 1.807) is 11.0 Å². The van der Waals surface area contributed by atoms with E-state index in [9.17, 15) is 9.59 Å². The van der Waals surface area contributed by atoms with E-state index >= 15 is 0 Å². The molecule has 0 saturated carbocycles. The summed E-state index contributed by atoms with van der Waals surface area (Å²) in [6, 6.07) is 16.1. The third-order valence-corrected chi connectivity index (χ3v) is 4.97. The van der Waals surface area contributed by atoms with Crippen LogP contribution >= 0.6 is 0 Å². The standard InChI is InChI=1S/C21H22N4O2/c1-14(26)22-18-7-4-10-25(13-18)21(27)20-12-19(23-24-20)17-9-8-15-5-2-3-6-16(15)11-17/h2-3,5-6,8-9,11-12,18H,4,7,10,13H2,1H3,(H,22,26)(H,23,24). The number of piperidine rings is 1. The summed E-state index contributed by atoms with van der Waals surface area (Å²) in [6.07, 6.45) is 1.77. The molecule has 6 heteroatoms. The van der Waals surface area contributed by atoms with E-state index < -0.39 is 0 Å². The van der Waals surface area contributed by atoms with Crippen LogP contribution in [0.5, 0.6) is 0 Å². The quantitative estimate of drug-likeness (QED) is 0.752. The summed E-state index contributed by atoms with van der Waals surface area (Å²) in [6.45, 7) is 2.73. The highest BCUT2D eigenvalue weighted by Gasteiger charge is 2.26. The average Bonchev–Trinajstić information content (AvgIpc) is 3.17. The van der Waals surface area contributed by atoms with Gasteiger partial charge in [0, 0.05) is 31.6 Å². The summed E-state index contributed by atoms with van der Waals surface area (Å²) in [4.78, 5) is 25.9. The van der Waals surface area contributed by atoms with Gasteiger partial charge in [0.2, 0.25) is 5.91 Å². The second-order valence-corrected chi connectivity index (χ2v) is 7.02. The lowest BCUT2D eigenvalue weighted by Gasteiger charge is -2.32. The van der Waals surface area contributed by atoms with E-state index in [4.69, 9.17) is 0 Å². The van der Waals surface area contributed by atoms with Crippen LogP contribution in [0.25, 0.3) is 22.0 Å². The van der Waals surface area contributed by atoms with Gasteiger partial charge in [0.1, 0.15) is 5.69 Å². The van der Waals surface area contributed by atoms with E-state index in [2.05, 4.69) is 39.8 Å². The van der Waals surface area contributed by atoms with Gasteiger partial charge in [0.05, 0.1) is 5.69 Å². The summed E-state index contributed by atoms with van der Waals surface area (Å²) in [5, 5.41) is 12.4. The van der Waals surface area contributed by atoms with Gasteiger partial charge in [-0.3, -0.25) is 14.7 Å². The molecule has 0 bridgehead atoms. The molecule has 3 aromatic rings. The van der Waals surface area contributed by atoms with Crippen LogP contribution in [0.4, 0.5) is 0 Å². The van der Waals surface area contributed by atoms with E-state index in [-0.39, 0.29) is 17.9 Å². The largest absolute Gasteiger partial charge is 0.352 e. The Kier molecular flexibility index (Phi) is 4.62. The SMILES string of the molecule is CC(=O)NC1CCCN(C(=O)c2cc(-c3ccc4ccccc4c3)n[nH]2)C1. The number of hydrogen-bond acceptors (Lipinski definition) is 3. The number of aromatic nitrogens is 2. The Morgan fingerprint density at radius 2 is 1.96 bits per heavy atom. The molecule has 4 rings (SSSR count). The van der Waals surface area contributed by atoms with Crippen molar-refractivity contribution in [2.45, 2.75) is 25.8 Å². The number of aromatic amines is 1. The van der Waals surface area contributed by atoms with Crippen molar-refractivity contribution in [2.24, 2.45) is 0 Å². The van der Waals surface area contributed by atoms with Gasteiger partial charge in [-0.15, -0.1) is 0 Å². The molecule has 1 aliphatic rings. The number of hydrogen-bond donors (Lipinski definition) is 2. The van der Waals surface area contributed by atoms with Crippen molar-refractivity contribution in [3.8, 4) is 11.3 Å². The Morgan fingerprint density at radius 1 is 1.15 bits per heavy atom. The minimum atomic E-state index is -0.0791. The van der Waals surface area contributed by atoms with E-state index in [0.717, 1.165) is 29.5 Å². The molecule has 1 unspecified atom stereocenters. The van der Waals surface area contributed by atoms with Crippen molar-refractivity contribution in [1.29, 1.82) is 0 Å². The Hall–Kier alpha value is -3.15. The van der Waals surface area contributed by atoms with Crippen LogP contribution in [0, 0.1) is 0 Å². The molecule has 2 aromatic carbocycles. The maximum atomic E-state index is 12.8. The number of carbonyl (C=O) groups excluding carboxylic acids is 2. The molecular weight excluding hydrogens is 340 g/mol. The fourth-order valence-corrected chi connectivity index (χ4v) is 3.67. The average molecular weight is 362 g/mol. The first kappa shape index (κ1) is 17.3. The number of likely N-dealkylation sites (tertiary alicyclic amines) is 1. The van der Waals surface area contributed by atoms with Crippen LogP contribution in [0.2, 0.25) is 0 Å². The van der Waals surface area contributed by atoms with E-state index in [1.165, 1.54) is 12.3 Å². The van der Waals surface area contributed by atoms with Gasteiger partial charge in [-0.2, -0.15) is 5.10 Å². The first-order valence-electron chi connectivity index (χ1n) is 9.21. The molecule has 2 N–H and O–H groups in total. The minimum Gasteiger partial charge on any atom is -0.352 e. The minimum absolute atomic E-state index is 0.0167. The molecule has 138 valence electrons. The third kappa shape index (κ3) is 3.69. The summed E-state index contributed by atoms with van der Waals surface area (Å²) < 4.78 is 0. The molecular formula is C21H22N4O2. The fraction of sp³-hybridized carbons (Fsp3) is 0.286. The molecule has 0 radical (unpaired) electrons. The molecule has 27 heavy (non-hydrogen) atoms. The Morgan fingerprint density at radius 3 is 2.78 bits per heavy atom. The number of carbonyl (C=O) groups is 2. The highest BCUT2D eigenvalue weighted by atomic mass is 16.2. The molecule has 1 aromatic heterocycles. The Balaban J connectivity index is 1.52. The van der Waals surface area contributed by atoms with Gasteiger partial charge in [0.25, 0.3) is 5.91 Å². The smallest absolute Gasteiger partial charge is 0.271 e. The number of benzene rings is 2. The number of rotatable bonds is 3. The summed E-state index contributed by atoms with van der Waals surface area (Å²) in [5.41, 5.74) is 2.19. The van der Waals surface area contributed by atoms with Crippen LogP contribution in [0.1, 0.15) is 30.3 Å². The first-order chi connectivity index (χ1) is 13.1. The Bertz CT molecular complexity index is 995. The normalized spacial score (nSPS) is 17.1. The molecule has 0 aliphatic carbocycles. The zero-order valence-corrected chi connectivity index (χ0v) is 15.2. The van der Waals surface area contributed by atoms with Crippen molar-refractivity contribution >= 4 is 22.6 Å². The van der Waals surface area contributed by atoms with Crippen LogP contribution in [0.15, 0.2) is 48.5 Å². The van der Waals surface area contributed by atoms with Crippen LogP contribution in [-0.4, -0.2) is 46.0 Å². The fourth-order valence-electron chi connectivity index (χ4n) is 3.67. The Labute approximate surface area is 157 Å². The molecule has 1 atom stereocenters. The maximum Gasteiger partial charge on any atom is 0.271 e. The lowest BCUT2D eigenvalue weighted by molar-refractivity contribution is -0.120. The van der Waals surface area contributed by atoms with E-state index in [0.29, 0.717) is 18.8 Å². The molecule has 2 heterocycles. The molecule has 6 nitrogen and oxygen atoms in total. The monoisotopic (exact) mass is 362 g/mol. The van der Waals surface area contributed by atoms with Gasteiger partial charge < -0.3 is 10.2 Å². The molecule has 1 aliphatic heterocycles. The first-order valence-corrected chi connectivity index (χ1v) is 9.21. The number of nitrogens with zero attached hydrogens (tertiary/aromatic N) is 2. The van der Waals surface area contributed by atoms with Crippen molar-refractivity contribution < 1.29 is 9.59 Å². The topological polar surface area (TPSA) is 78.1 Å². The second kappa shape index (κ2) is 7.23. The van der Waals surface area contributed by atoms with Gasteiger partial charge in [-0.25, -0.2) is 0 Å². The highest BCUT2D eigenvalue weighted by molar-refractivity contribution is 5.94. The zero-order valence-electron chi connectivity index (χ0n) is 15.2. The van der Waals surface area contributed by atoms with Crippen molar-refractivity contribution in [2.75, 3.05) is 13.1 Å². The number of fused-ring (bicyclic) bond motifs is 1. The van der Waals surface area contributed by atoms with Crippen LogP contribution < -0.4 is 5.32 Å². The van der Waals surface area contributed by atoms with Crippen LogP contribution in [-0.2, 0) is 4.79 Å². The molecule has 2 amide bonds. The summed E-state index contributed by atoms with van der Waals surface area (Å²) in [7, 11) is 0. The van der Waals surface area contributed by atoms with Crippen LogP contribution in [0.3, 0.4) is 0 Å². The van der Waals surface area contributed by atoms with Crippen molar-refractivity contribution in [3.63, 3.8) is 0 Å². The third-order valence-electron chi connectivity index (χ3n) is 4.97. The number of H-pyrrole nitrogens is 1. The predicted octanol–water partition coefficient (Wildman–Crippen LogP) is 2.97. The predicted molar refractivity (Wildman–Crippen MR) is 104 cm³/mol. The second-order valence-electron chi connectivity index (χ2n) is 7.02. The van der Waals surface area contributed by atoms with Gasteiger partial charge in [0.15, 0.2) is 0 Å². The lowest BCUT2D eigenvalue weighted by Crippen LogP contribution is -2.49. The summed E-state index contributed by atoms with van der Waals surface area (Å²) >= 11 is 0. The molecule has 1 saturated heterocycles. The van der Waals surface area contributed by atoms with Gasteiger partial charge in [-0.1, -0.05) is 36.4 Å². The van der Waals surface area contributed by atoms with Crippen molar-refractivity contribution in [1.82, 2.24) is 20.4 Å². The van der Waals surface area contributed by atoms with Gasteiger partial charge >= 0.3 is 0 Å². The number of amides is 2. The van der Waals surface area contributed by atoms with E-state index in [1.807, 2.05) is 18.2 Å². The molecule has 0 spiro atoms. The maximum absolute atomic E-state index is 12.8. The number of nitrogens with one attached hydrogen (secondary N) is 2. The van der Waals surface area contributed by atoms with Gasteiger partial charge in [-0.05, 0) is 35.7 Å². The lowest BCUT2D eigenvalue weighted by atomic mass is 10.0. The molecule has 1 fully saturated rings. The summed E-state index contributed by atoms with van der Waals surface area (Å²) in [5.74, 6) is -0.140. The zero-order chi connectivity index (χ0) is 18.8.